The highest BCUT2D eigenvalue weighted by Crippen LogP contribution is 2.20. The van der Waals surface area contributed by atoms with Crippen LogP contribution >= 0.6 is 0 Å². The Bertz CT molecular complexity index is 982. The van der Waals surface area contributed by atoms with Gasteiger partial charge < -0.3 is 10.1 Å². The van der Waals surface area contributed by atoms with E-state index in [4.69, 9.17) is 4.74 Å². The van der Waals surface area contributed by atoms with Crippen molar-refractivity contribution in [3.63, 3.8) is 0 Å². The Morgan fingerprint density at radius 2 is 1.67 bits per heavy atom. The monoisotopic (exact) mass is 431 g/mol. The molecule has 0 aromatic heterocycles. The van der Waals surface area contributed by atoms with E-state index < -0.39 is 10.0 Å². The zero-order valence-electron chi connectivity index (χ0n) is 17.7. The highest BCUT2D eigenvalue weighted by molar-refractivity contribution is 7.89. The van der Waals surface area contributed by atoms with Crippen LogP contribution in [0.1, 0.15) is 21.5 Å². The maximum absolute atomic E-state index is 12.8. The molecule has 0 unspecified atom stereocenters. The van der Waals surface area contributed by atoms with Gasteiger partial charge in [-0.2, -0.15) is 4.31 Å². The van der Waals surface area contributed by atoms with Gasteiger partial charge in [-0.3, -0.25) is 9.69 Å². The van der Waals surface area contributed by atoms with E-state index in [0.29, 0.717) is 50.6 Å². The predicted octanol–water partition coefficient (Wildman–Crippen LogP) is 2.05. The fraction of sp³-hybridized carbons (Fsp3) is 0.409. The fourth-order valence-electron chi connectivity index (χ4n) is 3.40. The van der Waals surface area contributed by atoms with Crippen LogP contribution in [0.3, 0.4) is 0 Å². The summed E-state index contributed by atoms with van der Waals surface area (Å²) >= 11 is 0. The Labute approximate surface area is 178 Å². The summed E-state index contributed by atoms with van der Waals surface area (Å²) in [5, 5.41) is 2.95. The molecule has 1 fully saturated rings. The lowest BCUT2D eigenvalue weighted by atomic mass is 10.1. The molecule has 0 radical (unpaired) electrons. The number of methoxy groups -OCH3 is 1. The summed E-state index contributed by atoms with van der Waals surface area (Å²) in [7, 11) is -1.96. The number of hydrogen-bond acceptors (Lipinski definition) is 5. The molecule has 1 amide bonds. The summed E-state index contributed by atoms with van der Waals surface area (Å²) in [6, 6.07) is 12.1. The minimum atomic E-state index is -3.51. The minimum absolute atomic E-state index is 0.0844. The summed E-state index contributed by atoms with van der Waals surface area (Å²) in [5.41, 5.74) is 2.92. The summed E-state index contributed by atoms with van der Waals surface area (Å²) in [4.78, 5) is 14.8. The van der Waals surface area contributed by atoms with Crippen molar-refractivity contribution in [1.29, 1.82) is 0 Å². The number of carbonyl (C=O) groups excluding carboxylic acids is 1. The van der Waals surface area contributed by atoms with Gasteiger partial charge in [-0.1, -0.05) is 6.07 Å². The number of nitrogens with one attached hydrogen (secondary N) is 1. The molecule has 3 rings (SSSR count). The van der Waals surface area contributed by atoms with Crippen LogP contribution in [0.2, 0.25) is 0 Å². The normalized spacial score (nSPS) is 15.7. The number of ether oxygens (including phenoxy) is 1. The van der Waals surface area contributed by atoms with Crippen LogP contribution < -0.4 is 10.1 Å². The van der Waals surface area contributed by atoms with Crippen LogP contribution in [0.25, 0.3) is 0 Å². The van der Waals surface area contributed by atoms with E-state index in [2.05, 4.69) is 10.2 Å². The third-order valence-electron chi connectivity index (χ3n) is 5.51. The molecule has 0 aliphatic carbocycles. The zero-order valence-corrected chi connectivity index (χ0v) is 18.5. The van der Waals surface area contributed by atoms with Crippen molar-refractivity contribution in [2.75, 3.05) is 46.4 Å². The Morgan fingerprint density at radius 3 is 2.27 bits per heavy atom. The number of benzene rings is 2. The first kappa shape index (κ1) is 22.3. The third kappa shape index (κ3) is 5.19. The first-order valence-electron chi connectivity index (χ1n) is 10.0. The van der Waals surface area contributed by atoms with Gasteiger partial charge in [-0.15, -0.1) is 0 Å². The van der Waals surface area contributed by atoms with Crippen molar-refractivity contribution < 1.29 is 17.9 Å². The molecular formula is C22H29N3O4S. The molecule has 30 heavy (non-hydrogen) atoms. The van der Waals surface area contributed by atoms with Gasteiger partial charge in [0.2, 0.25) is 10.0 Å². The molecule has 162 valence electrons. The van der Waals surface area contributed by atoms with E-state index in [1.54, 1.807) is 31.4 Å². The Morgan fingerprint density at radius 1 is 1.00 bits per heavy atom. The number of aryl methyl sites for hydroxylation is 2. The van der Waals surface area contributed by atoms with Crippen molar-refractivity contribution >= 4 is 15.9 Å². The summed E-state index contributed by atoms with van der Waals surface area (Å²) in [5.74, 6) is 0.542. The number of rotatable bonds is 7. The van der Waals surface area contributed by atoms with Crippen LogP contribution in [0.4, 0.5) is 0 Å². The predicted molar refractivity (Wildman–Crippen MR) is 116 cm³/mol. The van der Waals surface area contributed by atoms with Crippen molar-refractivity contribution in [2.45, 2.75) is 18.7 Å². The van der Waals surface area contributed by atoms with Gasteiger partial charge in [0.05, 0.1) is 12.0 Å². The van der Waals surface area contributed by atoms with E-state index in [-0.39, 0.29) is 10.8 Å². The first-order valence-corrected chi connectivity index (χ1v) is 11.5. The van der Waals surface area contributed by atoms with Crippen LogP contribution in [0, 0.1) is 13.8 Å². The summed E-state index contributed by atoms with van der Waals surface area (Å²) < 4.78 is 32.2. The second kappa shape index (κ2) is 9.59. The SMILES string of the molecule is COc1ccc(S(=O)(=O)N2CCN(CCNC(=O)c3ccc(C)c(C)c3)CC2)cc1. The van der Waals surface area contributed by atoms with Crippen LogP contribution in [0.5, 0.6) is 5.75 Å². The number of nitrogens with zero attached hydrogens (tertiary/aromatic N) is 2. The molecular weight excluding hydrogens is 402 g/mol. The van der Waals surface area contributed by atoms with Crippen LogP contribution in [-0.4, -0.2) is 69.9 Å². The van der Waals surface area contributed by atoms with Gasteiger partial charge in [-0.05, 0) is 61.4 Å². The summed E-state index contributed by atoms with van der Waals surface area (Å²) in [6.45, 7) is 7.35. The zero-order chi connectivity index (χ0) is 21.7. The van der Waals surface area contributed by atoms with Gasteiger partial charge in [0, 0.05) is 44.8 Å². The number of piperazine rings is 1. The lowest BCUT2D eigenvalue weighted by Crippen LogP contribution is -2.50. The smallest absolute Gasteiger partial charge is 0.251 e. The minimum Gasteiger partial charge on any atom is -0.497 e. The number of hydrogen-bond donors (Lipinski definition) is 1. The molecule has 0 saturated carbocycles. The van der Waals surface area contributed by atoms with E-state index in [9.17, 15) is 13.2 Å². The number of amides is 1. The van der Waals surface area contributed by atoms with Crippen LogP contribution in [0.15, 0.2) is 47.4 Å². The Kier molecular flexibility index (Phi) is 7.12. The van der Waals surface area contributed by atoms with Crippen molar-refractivity contribution in [2.24, 2.45) is 0 Å². The van der Waals surface area contributed by atoms with E-state index >= 15 is 0 Å². The molecule has 1 aliphatic rings. The van der Waals surface area contributed by atoms with Gasteiger partial charge in [0.25, 0.3) is 5.91 Å². The molecule has 2 aromatic rings. The van der Waals surface area contributed by atoms with E-state index in [0.717, 1.165) is 11.1 Å². The summed E-state index contributed by atoms with van der Waals surface area (Å²) in [6.07, 6.45) is 0. The molecule has 0 bridgehead atoms. The standard InChI is InChI=1S/C22H29N3O4S/c1-17-4-5-19(16-18(17)2)22(26)23-10-11-24-12-14-25(15-13-24)30(27,28)21-8-6-20(29-3)7-9-21/h4-9,16H,10-15H2,1-3H3,(H,23,26). The Balaban J connectivity index is 1.47. The van der Waals surface area contributed by atoms with Crippen molar-refractivity contribution in [3.05, 3.63) is 59.2 Å². The van der Waals surface area contributed by atoms with E-state index in [1.165, 1.54) is 4.31 Å². The van der Waals surface area contributed by atoms with Crippen molar-refractivity contribution in [3.8, 4) is 5.75 Å². The molecule has 2 aromatic carbocycles. The van der Waals surface area contributed by atoms with Gasteiger partial charge in [0.1, 0.15) is 5.75 Å². The third-order valence-corrected chi connectivity index (χ3v) is 7.42. The molecule has 8 heteroatoms. The number of sulfonamides is 1. The van der Waals surface area contributed by atoms with Crippen LogP contribution in [-0.2, 0) is 10.0 Å². The highest BCUT2D eigenvalue weighted by Gasteiger charge is 2.28. The molecule has 7 nitrogen and oxygen atoms in total. The fourth-order valence-corrected chi connectivity index (χ4v) is 4.82. The maximum Gasteiger partial charge on any atom is 0.251 e. The Hall–Kier alpha value is -2.42. The maximum atomic E-state index is 12.8. The lowest BCUT2D eigenvalue weighted by molar-refractivity contribution is 0.0945. The van der Waals surface area contributed by atoms with Gasteiger partial charge in [-0.25, -0.2) is 8.42 Å². The quantitative estimate of drug-likeness (QED) is 0.726. The molecule has 1 saturated heterocycles. The molecule has 1 N–H and O–H groups in total. The average Bonchev–Trinajstić information content (AvgIpc) is 2.76. The molecule has 0 atom stereocenters. The van der Waals surface area contributed by atoms with Gasteiger partial charge >= 0.3 is 0 Å². The molecule has 1 heterocycles. The van der Waals surface area contributed by atoms with Crippen molar-refractivity contribution in [1.82, 2.24) is 14.5 Å². The molecule has 1 aliphatic heterocycles. The highest BCUT2D eigenvalue weighted by atomic mass is 32.2. The second-order valence-corrected chi connectivity index (χ2v) is 9.41. The number of carbonyl (C=O) groups is 1. The topological polar surface area (TPSA) is 79.0 Å². The average molecular weight is 432 g/mol. The van der Waals surface area contributed by atoms with Gasteiger partial charge in [0.15, 0.2) is 0 Å². The first-order chi connectivity index (χ1) is 14.3. The molecule has 0 spiro atoms. The van der Waals surface area contributed by atoms with E-state index in [1.807, 2.05) is 32.0 Å². The largest absolute Gasteiger partial charge is 0.497 e. The second-order valence-electron chi connectivity index (χ2n) is 7.48. The lowest BCUT2D eigenvalue weighted by Gasteiger charge is -2.34.